The first-order chi connectivity index (χ1) is 6.61. The number of hydrogen-bond acceptors (Lipinski definition) is 3. The van der Waals surface area contributed by atoms with Crippen LogP contribution in [0.3, 0.4) is 0 Å². The van der Waals surface area contributed by atoms with Crippen molar-refractivity contribution in [2.75, 3.05) is 26.3 Å². The molecule has 0 unspecified atom stereocenters. The quantitative estimate of drug-likeness (QED) is 0.668. The van der Waals surface area contributed by atoms with E-state index in [2.05, 4.69) is 0 Å². The number of rotatable bonds is 2. The number of amides is 1. The van der Waals surface area contributed by atoms with Gasteiger partial charge >= 0.3 is 6.09 Å². The van der Waals surface area contributed by atoms with E-state index < -0.39 is 0 Å². The molecule has 4 nitrogen and oxygen atoms in total. The van der Waals surface area contributed by atoms with Crippen molar-refractivity contribution in [2.24, 2.45) is 0 Å². The summed E-state index contributed by atoms with van der Waals surface area (Å²) in [5, 5.41) is 0. The van der Waals surface area contributed by atoms with Crippen LogP contribution in [0.4, 0.5) is 4.79 Å². The Morgan fingerprint density at radius 1 is 1.64 bits per heavy atom. The molecule has 1 heterocycles. The van der Waals surface area contributed by atoms with E-state index in [4.69, 9.17) is 21.1 Å². The maximum absolute atomic E-state index is 11.4. The zero-order valence-electron chi connectivity index (χ0n) is 8.59. The van der Waals surface area contributed by atoms with Gasteiger partial charge in [-0.05, 0) is 19.8 Å². The number of likely N-dealkylation sites (tertiary alicyclic amines) is 1. The molecular weight excluding hydrogens is 206 g/mol. The number of alkyl halides is 1. The summed E-state index contributed by atoms with van der Waals surface area (Å²) in [6.07, 6.45) is 1.54. The van der Waals surface area contributed by atoms with Crippen LogP contribution in [0.5, 0.6) is 0 Å². The fraction of sp³-hybridized carbons (Fsp3) is 0.889. The van der Waals surface area contributed by atoms with Gasteiger partial charge in [0.1, 0.15) is 0 Å². The van der Waals surface area contributed by atoms with Gasteiger partial charge < -0.3 is 14.4 Å². The van der Waals surface area contributed by atoms with Crippen LogP contribution in [-0.4, -0.2) is 42.9 Å². The Balaban J connectivity index is 2.51. The molecule has 0 aliphatic carbocycles. The largest absolute Gasteiger partial charge is 0.433 e. The molecule has 1 aliphatic heterocycles. The molecule has 1 rings (SSSR count). The third-order valence-corrected chi connectivity index (χ3v) is 2.70. The Hall–Kier alpha value is -0.480. The molecule has 0 N–H and O–H groups in total. The monoisotopic (exact) mass is 221 g/mol. The lowest BCUT2D eigenvalue weighted by atomic mass is 9.95. The van der Waals surface area contributed by atoms with Crippen LogP contribution in [-0.2, 0) is 9.47 Å². The van der Waals surface area contributed by atoms with E-state index in [9.17, 15) is 4.79 Å². The highest BCUT2D eigenvalue weighted by molar-refractivity contribution is 6.17. The van der Waals surface area contributed by atoms with Crippen LogP contribution in [0.2, 0.25) is 0 Å². The van der Waals surface area contributed by atoms with Crippen LogP contribution in [0, 0.1) is 0 Å². The van der Waals surface area contributed by atoms with Crippen LogP contribution in [0.15, 0.2) is 0 Å². The highest BCUT2D eigenvalue weighted by atomic mass is 35.5. The van der Waals surface area contributed by atoms with E-state index in [0.717, 1.165) is 12.8 Å². The van der Waals surface area contributed by atoms with Gasteiger partial charge in [-0.15, -0.1) is 0 Å². The lowest BCUT2D eigenvalue weighted by Crippen LogP contribution is -2.49. The molecule has 14 heavy (non-hydrogen) atoms. The van der Waals surface area contributed by atoms with Crippen molar-refractivity contribution in [3.63, 3.8) is 0 Å². The number of methoxy groups -OCH3 is 1. The molecular formula is C9H16ClNO3. The highest BCUT2D eigenvalue weighted by Crippen LogP contribution is 2.24. The van der Waals surface area contributed by atoms with Gasteiger partial charge in [0.2, 0.25) is 0 Å². The average Bonchev–Trinajstić information content (AvgIpc) is 2.18. The van der Waals surface area contributed by atoms with Gasteiger partial charge in [-0.1, -0.05) is 11.6 Å². The van der Waals surface area contributed by atoms with E-state index in [1.807, 2.05) is 6.92 Å². The number of carbonyl (C=O) groups is 1. The molecule has 1 aliphatic rings. The predicted molar refractivity (Wildman–Crippen MR) is 53.4 cm³/mol. The summed E-state index contributed by atoms with van der Waals surface area (Å²) in [5.74, 6) is 0. The van der Waals surface area contributed by atoms with Gasteiger partial charge in [0.25, 0.3) is 0 Å². The fourth-order valence-corrected chi connectivity index (χ4v) is 1.76. The van der Waals surface area contributed by atoms with Crippen molar-refractivity contribution >= 4 is 17.7 Å². The van der Waals surface area contributed by atoms with Gasteiger partial charge in [-0.3, -0.25) is 0 Å². The molecule has 0 aromatic heterocycles. The number of carbonyl (C=O) groups excluding carboxylic acids is 1. The molecule has 5 heteroatoms. The van der Waals surface area contributed by atoms with E-state index in [0.29, 0.717) is 13.1 Å². The smallest absolute Gasteiger partial charge is 0.411 e. The molecule has 0 spiro atoms. The summed E-state index contributed by atoms with van der Waals surface area (Å²) in [6.45, 7) is 3.28. The van der Waals surface area contributed by atoms with Crippen LogP contribution < -0.4 is 0 Å². The number of hydrogen-bond donors (Lipinski definition) is 0. The van der Waals surface area contributed by atoms with Crippen LogP contribution >= 0.6 is 11.6 Å². The van der Waals surface area contributed by atoms with Gasteiger partial charge in [-0.2, -0.15) is 0 Å². The van der Waals surface area contributed by atoms with Crippen molar-refractivity contribution in [1.82, 2.24) is 4.90 Å². The molecule has 0 radical (unpaired) electrons. The fourth-order valence-electron chi connectivity index (χ4n) is 1.67. The maximum Gasteiger partial charge on any atom is 0.411 e. The first-order valence-corrected chi connectivity index (χ1v) is 5.17. The molecule has 0 bridgehead atoms. The zero-order valence-corrected chi connectivity index (χ0v) is 9.34. The summed E-state index contributed by atoms with van der Waals surface area (Å²) >= 11 is 5.32. The SMILES string of the molecule is CO[C@@]1(C)CCCN(C(=O)OCCl)C1. The first-order valence-electron chi connectivity index (χ1n) is 4.64. The normalized spacial score (nSPS) is 27.5. The van der Waals surface area contributed by atoms with Gasteiger partial charge in [0.15, 0.2) is 6.07 Å². The van der Waals surface area contributed by atoms with E-state index >= 15 is 0 Å². The maximum atomic E-state index is 11.4. The number of piperidine rings is 1. The van der Waals surface area contributed by atoms with Crippen molar-refractivity contribution in [3.05, 3.63) is 0 Å². The van der Waals surface area contributed by atoms with E-state index in [-0.39, 0.29) is 17.8 Å². The van der Waals surface area contributed by atoms with Crippen LogP contribution in [0.25, 0.3) is 0 Å². The number of nitrogens with zero attached hydrogens (tertiary/aromatic N) is 1. The third-order valence-electron chi connectivity index (χ3n) is 2.59. The Kier molecular flexibility index (Phi) is 4.01. The highest BCUT2D eigenvalue weighted by Gasteiger charge is 2.33. The molecule has 1 fully saturated rings. The van der Waals surface area contributed by atoms with Gasteiger partial charge in [0, 0.05) is 13.7 Å². The topological polar surface area (TPSA) is 38.8 Å². The number of halogens is 1. The second kappa shape index (κ2) is 4.84. The summed E-state index contributed by atoms with van der Waals surface area (Å²) in [5.41, 5.74) is -0.246. The minimum Gasteiger partial charge on any atom is -0.433 e. The Bertz CT molecular complexity index is 212. The molecule has 82 valence electrons. The molecule has 0 aromatic rings. The lowest BCUT2D eigenvalue weighted by Gasteiger charge is -2.38. The van der Waals surface area contributed by atoms with Crippen LogP contribution in [0.1, 0.15) is 19.8 Å². The van der Waals surface area contributed by atoms with Crippen molar-refractivity contribution < 1.29 is 14.3 Å². The second-order valence-corrected chi connectivity index (χ2v) is 3.92. The third kappa shape index (κ3) is 2.75. The average molecular weight is 222 g/mol. The standard InChI is InChI=1S/C9H16ClNO3/c1-9(13-2)4-3-5-11(6-9)8(12)14-7-10/h3-7H2,1-2H3/t9-/m0/s1. The Morgan fingerprint density at radius 2 is 2.36 bits per heavy atom. The number of ether oxygens (including phenoxy) is 2. The van der Waals surface area contributed by atoms with E-state index in [1.54, 1.807) is 12.0 Å². The Labute approximate surface area is 89.1 Å². The summed E-state index contributed by atoms with van der Waals surface area (Å²) in [6, 6.07) is -0.0982. The van der Waals surface area contributed by atoms with Crippen molar-refractivity contribution in [2.45, 2.75) is 25.4 Å². The summed E-state index contributed by atoms with van der Waals surface area (Å²) < 4.78 is 10.1. The molecule has 1 saturated heterocycles. The molecule has 0 aromatic carbocycles. The minimum absolute atomic E-state index is 0.0982. The minimum atomic E-state index is -0.358. The molecule has 1 amide bonds. The zero-order chi connectivity index (χ0) is 10.6. The summed E-state index contributed by atoms with van der Waals surface area (Å²) in [4.78, 5) is 13.0. The second-order valence-electron chi connectivity index (χ2n) is 3.70. The lowest BCUT2D eigenvalue weighted by molar-refractivity contribution is -0.0470. The van der Waals surface area contributed by atoms with E-state index in [1.165, 1.54) is 0 Å². The van der Waals surface area contributed by atoms with Gasteiger partial charge in [0.05, 0.1) is 12.1 Å². The first kappa shape index (κ1) is 11.6. The Morgan fingerprint density at radius 3 is 2.93 bits per heavy atom. The predicted octanol–water partition coefficient (Wildman–Crippen LogP) is 1.82. The van der Waals surface area contributed by atoms with Gasteiger partial charge in [-0.25, -0.2) is 4.79 Å². The molecule has 1 atom stereocenters. The molecule has 0 saturated carbocycles. The van der Waals surface area contributed by atoms with Crippen molar-refractivity contribution in [1.29, 1.82) is 0 Å². The summed E-state index contributed by atoms with van der Waals surface area (Å²) in [7, 11) is 1.66. The van der Waals surface area contributed by atoms with Crippen molar-refractivity contribution in [3.8, 4) is 0 Å².